The van der Waals surface area contributed by atoms with Gasteiger partial charge in [-0.05, 0) is 35.9 Å². The molecule has 0 aliphatic rings. The van der Waals surface area contributed by atoms with Crippen LogP contribution in [-0.4, -0.2) is 17.6 Å². The first kappa shape index (κ1) is 15.3. The topological polar surface area (TPSA) is 61.4 Å². The first-order valence-corrected chi connectivity index (χ1v) is 6.65. The molecule has 0 spiro atoms. The number of nitrogens with one attached hydrogen (secondary N) is 2. The summed E-state index contributed by atoms with van der Waals surface area (Å²) in [5.74, 6) is -0.944. The lowest BCUT2D eigenvalue weighted by molar-refractivity contribution is -0.114. The van der Waals surface area contributed by atoms with E-state index < -0.39 is 11.7 Å². The molecule has 0 aliphatic heterocycles. The van der Waals surface area contributed by atoms with Crippen molar-refractivity contribution >= 4 is 28.9 Å². The second-order valence-electron chi connectivity index (χ2n) is 4.38. The number of aliphatic hydroxyl groups excluding tert-OH is 1. The highest BCUT2D eigenvalue weighted by Crippen LogP contribution is 2.19. The maximum atomic E-state index is 13.5. The van der Waals surface area contributed by atoms with Crippen LogP contribution in [0.3, 0.4) is 0 Å². The van der Waals surface area contributed by atoms with Gasteiger partial charge in [0.15, 0.2) is 0 Å². The van der Waals surface area contributed by atoms with Crippen LogP contribution in [0.1, 0.15) is 5.56 Å². The van der Waals surface area contributed by atoms with Crippen molar-refractivity contribution in [3.05, 3.63) is 58.9 Å². The smallest absolute Gasteiger partial charge is 0.243 e. The average Bonchev–Trinajstić information content (AvgIpc) is 2.49. The van der Waals surface area contributed by atoms with Crippen LogP contribution in [0.2, 0.25) is 5.02 Å². The third-order valence-electron chi connectivity index (χ3n) is 2.77. The molecule has 110 valence electrons. The molecule has 4 nitrogen and oxygen atoms in total. The molecule has 0 aliphatic carbocycles. The summed E-state index contributed by atoms with van der Waals surface area (Å²) in [4.78, 5) is 11.8. The molecule has 0 heterocycles. The number of hydrogen-bond donors (Lipinski definition) is 3. The van der Waals surface area contributed by atoms with Gasteiger partial charge in [0.1, 0.15) is 5.82 Å². The summed E-state index contributed by atoms with van der Waals surface area (Å²) in [7, 11) is 0. The lowest BCUT2D eigenvalue weighted by Gasteiger charge is -2.09. The van der Waals surface area contributed by atoms with Gasteiger partial charge >= 0.3 is 0 Å². The Balaban J connectivity index is 1.94. The minimum Gasteiger partial charge on any atom is -0.392 e. The summed E-state index contributed by atoms with van der Waals surface area (Å²) in [5.41, 5.74) is 1.47. The molecule has 21 heavy (non-hydrogen) atoms. The Morgan fingerprint density at radius 2 is 2.05 bits per heavy atom. The van der Waals surface area contributed by atoms with Crippen molar-refractivity contribution in [2.45, 2.75) is 6.61 Å². The van der Waals surface area contributed by atoms with Crippen LogP contribution in [-0.2, 0) is 11.4 Å². The molecule has 0 radical (unpaired) electrons. The standard InChI is InChI=1S/C15H14ClFN2O2/c16-11-4-5-13(17)14(7-11)19-15(21)8-18-12-3-1-2-10(6-12)9-20/h1-7,18,20H,8-9H2,(H,19,21). The molecule has 2 aromatic carbocycles. The van der Waals surface area contributed by atoms with Crippen LogP contribution in [0.15, 0.2) is 42.5 Å². The molecular weight excluding hydrogens is 295 g/mol. The summed E-state index contributed by atoms with van der Waals surface area (Å²) >= 11 is 5.75. The van der Waals surface area contributed by atoms with E-state index in [-0.39, 0.29) is 18.8 Å². The van der Waals surface area contributed by atoms with Crippen LogP contribution in [0.4, 0.5) is 15.8 Å². The van der Waals surface area contributed by atoms with Crippen molar-refractivity contribution in [1.82, 2.24) is 0 Å². The van der Waals surface area contributed by atoms with E-state index in [9.17, 15) is 9.18 Å². The summed E-state index contributed by atoms with van der Waals surface area (Å²) in [6, 6.07) is 11.0. The van der Waals surface area contributed by atoms with E-state index in [1.807, 2.05) is 0 Å². The van der Waals surface area contributed by atoms with Gasteiger partial charge in [0, 0.05) is 10.7 Å². The van der Waals surface area contributed by atoms with Gasteiger partial charge in [-0.3, -0.25) is 4.79 Å². The Bertz CT molecular complexity index is 649. The van der Waals surface area contributed by atoms with Crippen molar-refractivity contribution in [2.24, 2.45) is 0 Å². The average molecular weight is 309 g/mol. The fraction of sp³-hybridized carbons (Fsp3) is 0.133. The molecule has 1 amide bonds. The lowest BCUT2D eigenvalue weighted by Crippen LogP contribution is -2.22. The van der Waals surface area contributed by atoms with Gasteiger partial charge in [0.05, 0.1) is 18.8 Å². The fourth-order valence-electron chi connectivity index (χ4n) is 1.75. The highest BCUT2D eigenvalue weighted by molar-refractivity contribution is 6.30. The zero-order valence-electron chi connectivity index (χ0n) is 11.1. The maximum Gasteiger partial charge on any atom is 0.243 e. The third kappa shape index (κ3) is 4.44. The molecule has 0 atom stereocenters. The molecule has 0 unspecified atom stereocenters. The number of halogens is 2. The Labute approximate surface area is 126 Å². The molecule has 0 bridgehead atoms. The summed E-state index contributed by atoms with van der Waals surface area (Å²) in [6.45, 7) is -0.101. The minimum absolute atomic E-state index is 0.0269. The first-order valence-electron chi connectivity index (χ1n) is 6.27. The fourth-order valence-corrected chi connectivity index (χ4v) is 1.92. The summed E-state index contributed by atoms with van der Waals surface area (Å²) in [5, 5.41) is 14.7. The van der Waals surface area contributed by atoms with Crippen molar-refractivity contribution in [3.8, 4) is 0 Å². The molecule has 0 aromatic heterocycles. The predicted octanol–water partition coefficient (Wildman–Crippen LogP) is 3.02. The number of hydrogen-bond acceptors (Lipinski definition) is 3. The Morgan fingerprint density at radius 3 is 2.81 bits per heavy atom. The Kier molecular flexibility index (Phi) is 5.14. The second-order valence-corrected chi connectivity index (χ2v) is 4.82. The van der Waals surface area contributed by atoms with Gasteiger partial charge in [0.25, 0.3) is 0 Å². The van der Waals surface area contributed by atoms with E-state index in [0.717, 1.165) is 5.56 Å². The van der Waals surface area contributed by atoms with Crippen LogP contribution in [0.5, 0.6) is 0 Å². The molecule has 0 fully saturated rings. The summed E-state index contributed by atoms with van der Waals surface area (Å²) < 4.78 is 13.5. The minimum atomic E-state index is -0.546. The molecular formula is C15H14ClFN2O2. The van der Waals surface area contributed by atoms with Gasteiger partial charge in [-0.2, -0.15) is 0 Å². The summed E-state index contributed by atoms with van der Waals surface area (Å²) in [6.07, 6.45) is 0. The van der Waals surface area contributed by atoms with Crippen LogP contribution in [0.25, 0.3) is 0 Å². The third-order valence-corrected chi connectivity index (χ3v) is 3.00. The number of benzene rings is 2. The van der Waals surface area contributed by atoms with Gasteiger partial charge in [-0.25, -0.2) is 4.39 Å². The Morgan fingerprint density at radius 1 is 1.24 bits per heavy atom. The molecule has 3 N–H and O–H groups in total. The number of amides is 1. The number of rotatable bonds is 5. The maximum absolute atomic E-state index is 13.5. The van der Waals surface area contributed by atoms with Crippen molar-refractivity contribution in [3.63, 3.8) is 0 Å². The first-order chi connectivity index (χ1) is 10.1. The lowest BCUT2D eigenvalue weighted by atomic mass is 10.2. The molecule has 2 aromatic rings. The predicted molar refractivity (Wildman–Crippen MR) is 80.9 cm³/mol. The zero-order chi connectivity index (χ0) is 15.2. The van der Waals surface area contributed by atoms with Crippen LogP contribution < -0.4 is 10.6 Å². The van der Waals surface area contributed by atoms with E-state index in [0.29, 0.717) is 10.7 Å². The molecule has 0 saturated heterocycles. The van der Waals surface area contributed by atoms with Crippen molar-refractivity contribution in [2.75, 3.05) is 17.2 Å². The number of carbonyl (C=O) groups excluding carboxylic acids is 1. The largest absolute Gasteiger partial charge is 0.392 e. The van der Waals surface area contributed by atoms with E-state index in [2.05, 4.69) is 10.6 Å². The van der Waals surface area contributed by atoms with Gasteiger partial charge < -0.3 is 15.7 Å². The normalized spacial score (nSPS) is 10.2. The van der Waals surface area contributed by atoms with E-state index >= 15 is 0 Å². The van der Waals surface area contributed by atoms with Gasteiger partial charge in [0.2, 0.25) is 5.91 Å². The SMILES string of the molecule is O=C(CNc1cccc(CO)c1)Nc1cc(Cl)ccc1F. The monoisotopic (exact) mass is 308 g/mol. The number of carbonyl (C=O) groups is 1. The molecule has 0 saturated carbocycles. The molecule has 6 heteroatoms. The van der Waals surface area contributed by atoms with Crippen molar-refractivity contribution in [1.29, 1.82) is 0 Å². The van der Waals surface area contributed by atoms with Gasteiger partial charge in [-0.15, -0.1) is 0 Å². The van der Waals surface area contributed by atoms with Crippen molar-refractivity contribution < 1.29 is 14.3 Å². The van der Waals surface area contributed by atoms with Crippen LogP contribution >= 0.6 is 11.6 Å². The number of anilines is 2. The Hall–Kier alpha value is -2.11. The van der Waals surface area contributed by atoms with E-state index in [4.69, 9.17) is 16.7 Å². The number of aliphatic hydroxyl groups is 1. The quantitative estimate of drug-likeness (QED) is 0.795. The highest BCUT2D eigenvalue weighted by atomic mass is 35.5. The van der Waals surface area contributed by atoms with E-state index in [1.54, 1.807) is 24.3 Å². The zero-order valence-corrected chi connectivity index (χ0v) is 11.8. The molecule has 2 rings (SSSR count). The van der Waals surface area contributed by atoms with Gasteiger partial charge in [-0.1, -0.05) is 23.7 Å². The van der Waals surface area contributed by atoms with Crippen LogP contribution in [0, 0.1) is 5.82 Å². The van der Waals surface area contributed by atoms with E-state index in [1.165, 1.54) is 18.2 Å². The second kappa shape index (κ2) is 7.06. The highest BCUT2D eigenvalue weighted by Gasteiger charge is 2.07.